The van der Waals surface area contributed by atoms with Gasteiger partial charge in [0.15, 0.2) is 5.78 Å². The first kappa shape index (κ1) is 14.5. The Morgan fingerprint density at radius 1 is 1.05 bits per heavy atom. The van der Waals surface area contributed by atoms with E-state index in [0.29, 0.717) is 17.9 Å². The van der Waals surface area contributed by atoms with Gasteiger partial charge in [0, 0.05) is 0 Å². The Morgan fingerprint density at radius 3 is 2.55 bits per heavy atom. The summed E-state index contributed by atoms with van der Waals surface area (Å²) in [5.41, 5.74) is 3.87. The second kappa shape index (κ2) is 6.58. The van der Waals surface area contributed by atoms with Gasteiger partial charge in [-0.25, -0.2) is 0 Å². The van der Waals surface area contributed by atoms with Gasteiger partial charge in [0.1, 0.15) is 12.4 Å². The second-order valence-electron chi connectivity index (χ2n) is 5.05. The molecule has 0 atom stereocenters. The highest BCUT2D eigenvalue weighted by Gasteiger charge is 2.11. The third kappa shape index (κ3) is 3.26. The summed E-state index contributed by atoms with van der Waals surface area (Å²) in [5.74, 6) is 0.649. The van der Waals surface area contributed by atoms with Gasteiger partial charge in [-0.15, -0.1) is 0 Å². The van der Waals surface area contributed by atoms with Crippen LogP contribution in [0.3, 0.4) is 0 Å². The lowest BCUT2D eigenvalue weighted by Gasteiger charge is -2.11. The maximum Gasteiger partial charge on any atom is 0.163 e. The molecule has 0 amide bonds. The van der Waals surface area contributed by atoms with E-state index in [0.717, 1.165) is 16.7 Å². The summed E-state index contributed by atoms with van der Waals surface area (Å²) in [5, 5.41) is 4.10. The van der Waals surface area contributed by atoms with Crippen molar-refractivity contribution >= 4 is 17.1 Å². The van der Waals surface area contributed by atoms with Crippen LogP contribution >= 0.6 is 11.3 Å². The molecule has 0 bridgehead atoms. The lowest BCUT2D eigenvalue weighted by Crippen LogP contribution is -2.02. The third-order valence-electron chi connectivity index (χ3n) is 3.45. The Bertz CT molecular complexity index is 761. The molecule has 0 N–H and O–H groups in total. The zero-order valence-electron chi connectivity index (χ0n) is 12.3. The van der Waals surface area contributed by atoms with Gasteiger partial charge >= 0.3 is 0 Å². The molecule has 0 unspecified atom stereocenters. The predicted octanol–water partition coefficient (Wildman–Crippen LogP) is 5.20. The van der Waals surface area contributed by atoms with E-state index in [4.69, 9.17) is 4.74 Å². The first-order valence-corrected chi connectivity index (χ1v) is 8.02. The van der Waals surface area contributed by atoms with Crippen molar-refractivity contribution in [3.8, 4) is 16.9 Å². The molecular formula is C19H16O2S. The summed E-state index contributed by atoms with van der Waals surface area (Å²) in [6, 6.07) is 17.8. The molecule has 3 rings (SSSR count). The smallest absolute Gasteiger partial charge is 0.163 e. The van der Waals surface area contributed by atoms with Crippen LogP contribution in [0.2, 0.25) is 0 Å². The lowest BCUT2D eigenvalue weighted by atomic mass is 10.0. The molecule has 0 aliphatic rings. The van der Waals surface area contributed by atoms with Gasteiger partial charge in [0.25, 0.3) is 0 Å². The van der Waals surface area contributed by atoms with E-state index in [1.54, 1.807) is 18.3 Å². The fourth-order valence-corrected chi connectivity index (χ4v) is 2.94. The van der Waals surface area contributed by atoms with Gasteiger partial charge in [-0.2, -0.15) is 11.3 Å². The molecule has 1 heterocycles. The summed E-state index contributed by atoms with van der Waals surface area (Å²) in [4.78, 5) is 11.9. The average molecular weight is 308 g/mol. The zero-order chi connectivity index (χ0) is 15.4. The van der Waals surface area contributed by atoms with E-state index in [-0.39, 0.29) is 5.78 Å². The van der Waals surface area contributed by atoms with Crippen LogP contribution in [0.15, 0.2) is 65.4 Å². The Kier molecular flexibility index (Phi) is 4.35. The summed E-state index contributed by atoms with van der Waals surface area (Å²) in [6.45, 7) is 2.03. The van der Waals surface area contributed by atoms with Gasteiger partial charge < -0.3 is 4.74 Å². The lowest BCUT2D eigenvalue weighted by molar-refractivity contribution is 0.101. The van der Waals surface area contributed by atoms with Crippen molar-refractivity contribution in [1.82, 2.24) is 0 Å². The topological polar surface area (TPSA) is 26.3 Å². The Hall–Kier alpha value is -2.39. The average Bonchev–Trinajstić information content (AvgIpc) is 3.08. The maximum atomic E-state index is 11.9. The second-order valence-corrected chi connectivity index (χ2v) is 5.83. The van der Waals surface area contributed by atoms with Crippen molar-refractivity contribution < 1.29 is 9.53 Å². The van der Waals surface area contributed by atoms with Crippen LogP contribution in [0, 0.1) is 0 Å². The van der Waals surface area contributed by atoms with Crippen molar-refractivity contribution in [1.29, 1.82) is 0 Å². The number of thiophene rings is 1. The van der Waals surface area contributed by atoms with E-state index in [2.05, 4.69) is 11.4 Å². The standard InChI is InChI=1S/C19H16O2S/c1-14(20)18-11-16(17-9-10-22-13-17)7-8-19(18)21-12-15-5-3-2-4-6-15/h2-11,13H,12H2,1H3. The Morgan fingerprint density at radius 2 is 1.86 bits per heavy atom. The number of benzene rings is 2. The van der Waals surface area contributed by atoms with Crippen LogP contribution in [0.5, 0.6) is 5.75 Å². The highest BCUT2D eigenvalue weighted by atomic mass is 32.1. The van der Waals surface area contributed by atoms with Crippen LogP contribution < -0.4 is 4.74 Å². The van der Waals surface area contributed by atoms with Gasteiger partial charge in [0.2, 0.25) is 0 Å². The van der Waals surface area contributed by atoms with Gasteiger partial charge in [0.05, 0.1) is 5.56 Å². The number of hydrogen-bond donors (Lipinski definition) is 0. The zero-order valence-corrected chi connectivity index (χ0v) is 13.1. The molecule has 3 aromatic rings. The SMILES string of the molecule is CC(=O)c1cc(-c2ccsc2)ccc1OCc1ccccc1. The largest absolute Gasteiger partial charge is 0.488 e. The van der Waals surface area contributed by atoms with Crippen LogP contribution in [0.4, 0.5) is 0 Å². The molecule has 0 saturated carbocycles. The van der Waals surface area contributed by atoms with Crippen LogP contribution in [0.1, 0.15) is 22.8 Å². The van der Waals surface area contributed by atoms with Gasteiger partial charge in [-0.05, 0) is 52.6 Å². The van der Waals surface area contributed by atoms with Gasteiger partial charge in [-0.3, -0.25) is 4.79 Å². The van der Waals surface area contributed by atoms with Crippen molar-refractivity contribution in [3.05, 3.63) is 76.5 Å². The molecule has 3 heteroatoms. The fraction of sp³-hybridized carbons (Fsp3) is 0.105. The molecule has 0 fully saturated rings. The Labute approximate surface area is 134 Å². The molecule has 0 saturated heterocycles. The molecular weight excluding hydrogens is 292 g/mol. The van der Waals surface area contributed by atoms with E-state index in [1.165, 1.54) is 0 Å². The number of ketones is 1. The molecule has 0 aliphatic heterocycles. The van der Waals surface area contributed by atoms with Crippen molar-refractivity contribution in [2.24, 2.45) is 0 Å². The van der Waals surface area contributed by atoms with Gasteiger partial charge in [-0.1, -0.05) is 36.4 Å². The summed E-state index contributed by atoms with van der Waals surface area (Å²) < 4.78 is 5.84. The molecule has 22 heavy (non-hydrogen) atoms. The molecule has 0 radical (unpaired) electrons. The summed E-state index contributed by atoms with van der Waals surface area (Å²) >= 11 is 1.64. The van der Waals surface area contributed by atoms with Crippen molar-refractivity contribution in [3.63, 3.8) is 0 Å². The summed E-state index contributed by atoms with van der Waals surface area (Å²) in [7, 11) is 0. The highest BCUT2D eigenvalue weighted by molar-refractivity contribution is 7.08. The third-order valence-corrected chi connectivity index (χ3v) is 4.13. The number of hydrogen-bond acceptors (Lipinski definition) is 3. The number of ether oxygens (including phenoxy) is 1. The number of carbonyl (C=O) groups is 1. The van der Waals surface area contributed by atoms with Crippen molar-refractivity contribution in [2.45, 2.75) is 13.5 Å². The first-order valence-electron chi connectivity index (χ1n) is 7.08. The van der Waals surface area contributed by atoms with E-state index in [9.17, 15) is 4.79 Å². The number of Topliss-reactive ketones (excluding diaryl/α,β-unsaturated/α-hetero) is 1. The van der Waals surface area contributed by atoms with Crippen LogP contribution in [-0.2, 0) is 6.61 Å². The molecule has 1 aromatic heterocycles. The summed E-state index contributed by atoms with van der Waals surface area (Å²) in [6.07, 6.45) is 0. The predicted molar refractivity (Wildman–Crippen MR) is 90.5 cm³/mol. The minimum absolute atomic E-state index is 0.0140. The molecule has 0 spiro atoms. The monoisotopic (exact) mass is 308 g/mol. The van der Waals surface area contributed by atoms with Crippen LogP contribution in [-0.4, -0.2) is 5.78 Å². The van der Waals surface area contributed by atoms with E-state index < -0.39 is 0 Å². The molecule has 2 aromatic carbocycles. The highest BCUT2D eigenvalue weighted by Crippen LogP contribution is 2.29. The Balaban J connectivity index is 1.86. The first-order chi connectivity index (χ1) is 10.7. The quantitative estimate of drug-likeness (QED) is 0.606. The van der Waals surface area contributed by atoms with Crippen molar-refractivity contribution in [2.75, 3.05) is 0 Å². The molecule has 2 nitrogen and oxygen atoms in total. The fourth-order valence-electron chi connectivity index (χ4n) is 2.27. The normalized spacial score (nSPS) is 10.4. The number of carbonyl (C=O) groups excluding carboxylic acids is 1. The minimum atomic E-state index is 0.0140. The maximum absolute atomic E-state index is 11.9. The minimum Gasteiger partial charge on any atom is -0.488 e. The van der Waals surface area contributed by atoms with E-state index >= 15 is 0 Å². The molecule has 110 valence electrons. The molecule has 0 aliphatic carbocycles. The number of rotatable bonds is 5. The van der Waals surface area contributed by atoms with Crippen LogP contribution in [0.25, 0.3) is 11.1 Å². The van der Waals surface area contributed by atoms with E-state index in [1.807, 2.05) is 53.9 Å².